The molecular formula is C17H19N5OS. The first-order valence-corrected chi connectivity index (χ1v) is 9.03. The molecule has 1 aliphatic heterocycles. The SMILES string of the molecule is O=C(Cc1ccsc1)N1CCc2ncc(Cn3cccn3)n2CC1. The number of carbonyl (C=O) groups excluding carboxylic acids is 1. The third kappa shape index (κ3) is 3.12. The fourth-order valence-corrected chi connectivity index (χ4v) is 3.78. The van der Waals surface area contributed by atoms with Crippen LogP contribution in [0.15, 0.2) is 41.5 Å². The molecule has 0 saturated carbocycles. The summed E-state index contributed by atoms with van der Waals surface area (Å²) in [7, 11) is 0. The average Bonchev–Trinajstić information content (AvgIpc) is 3.30. The third-order valence-electron chi connectivity index (χ3n) is 4.39. The van der Waals surface area contributed by atoms with E-state index >= 15 is 0 Å². The van der Waals surface area contributed by atoms with Crippen LogP contribution in [-0.2, 0) is 30.7 Å². The van der Waals surface area contributed by atoms with Crippen molar-refractivity contribution in [1.82, 2.24) is 24.2 Å². The number of nitrogens with zero attached hydrogens (tertiary/aromatic N) is 5. The van der Waals surface area contributed by atoms with Crippen molar-refractivity contribution in [2.45, 2.75) is 25.9 Å². The minimum absolute atomic E-state index is 0.202. The quantitative estimate of drug-likeness (QED) is 0.727. The summed E-state index contributed by atoms with van der Waals surface area (Å²) in [6.45, 7) is 2.98. The van der Waals surface area contributed by atoms with Gasteiger partial charge in [0.25, 0.3) is 0 Å². The van der Waals surface area contributed by atoms with E-state index in [1.165, 1.54) is 0 Å². The molecule has 24 heavy (non-hydrogen) atoms. The van der Waals surface area contributed by atoms with Crippen LogP contribution in [0.25, 0.3) is 0 Å². The topological polar surface area (TPSA) is 56.0 Å². The Morgan fingerprint density at radius 2 is 2.25 bits per heavy atom. The van der Waals surface area contributed by atoms with Crippen molar-refractivity contribution in [2.75, 3.05) is 13.1 Å². The van der Waals surface area contributed by atoms with E-state index in [1.54, 1.807) is 17.5 Å². The Labute approximate surface area is 144 Å². The normalized spacial score (nSPS) is 14.4. The summed E-state index contributed by atoms with van der Waals surface area (Å²) in [5.41, 5.74) is 2.24. The summed E-state index contributed by atoms with van der Waals surface area (Å²) < 4.78 is 4.13. The molecule has 0 fully saturated rings. The summed E-state index contributed by atoms with van der Waals surface area (Å²) in [5, 5.41) is 8.32. The number of amides is 1. The van der Waals surface area contributed by atoms with Crippen molar-refractivity contribution in [1.29, 1.82) is 0 Å². The average molecular weight is 341 g/mol. The number of hydrogen-bond donors (Lipinski definition) is 0. The van der Waals surface area contributed by atoms with Crippen LogP contribution in [0.2, 0.25) is 0 Å². The molecule has 0 bridgehead atoms. The highest BCUT2D eigenvalue weighted by Crippen LogP contribution is 2.14. The zero-order valence-electron chi connectivity index (χ0n) is 13.3. The van der Waals surface area contributed by atoms with Gasteiger partial charge in [0.05, 0.1) is 24.9 Å². The van der Waals surface area contributed by atoms with E-state index in [4.69, 9.17) is 0 Å². The second kappa shape index (κ2) is 6.60. The summed E-state index contributed by atoms with van der Waals surface area (Å²) in [6.07, 6.45) is 6.96. The van der Waals surface area contributed by atoms with E-state index < -0.39 is 0 Å². The molecule has 6 nitrogen and oxygen atoms in total. The Balaban J connectivity index is 1.44. The second-order valence-corrected chi connectivity index (χ2v) is 6.74. The molecule has 0 radical (unpaired) electrons. The van der Waals surface area contributed by atoms with Crippen LogP contribution in [0.4, 0.5) is 0 Å². The van der Waals surface area contributed by atoms with Crippen molar-refractivity contribution < 1.29 is 4.79 Å². The molecular weight excluding hydrogens is 322 g/mol. The van der Waals surface area contributed by atoms with Gasteiger partial charge in [-0.2, -0.15) is 16.4 Å². The minimum atomic E-state index is 0.202. The van der Waals surface area contributed by atoms with E-state index in [0.29, 0.717) is 13.0 Å². The van der Waals surface area contributed by atoms with Gasteiger partial charge >= 0.3 is 0 Å². The Morgan fingerprint density at radius 1 is 1.29 bits per heavy atom. The van der Waals surface area contributed by atoms with Crippen molar-refractivity contribution in [3.05, 3.63) is 58.6 Å². The molecule has 0 unspecified atom stereocenters. The lowest BCUT2D eigenvalue weighted by Gasteiger charge is -2.20. The lowest BCUT2D eigenvalue weighted by Crippen LogP contribution is -2.34. The largest absolute Gasteiger partial charge is 0.340 e. The number of rotatable bonds is 4. The van der Waals surface area contributed by atoms with E-state index in [-0.39, 0.29) is 5.91 Å². The van der Waals surface area contributed by atoms with Gasteiger partial charge in [-0.25, -0.2) is 4.98 Å². The minimum Gasteiger partial charge on any atom is -0.340 e. The van der Waals surface area contributed by atoms with Crippen LogP contribution in [-0.4, -0.2) is 43.2 Å². The number of aromatic nitrogens is 4. The predicted molar refractivity (Wildman–Crippen MR) is 91.9 cm³/mol. The maximum absolute atomic E-state index is 12.5. The summed E-state index contributed by atoms with van der Waals surface area (Å²) in [4.78, 5) is 19.0. The Morgan fingerprint density at radius 3 is 3.04 bits per heavy atom. The zero-order valence-corrected chi connectivity index (χ0v) is 14.2. The van der Waals surface area contributed by atoms with Crippen LogP contribution < -0.4 is 0 Å². The molecule has 1 amide bonds. The lowest BCUT2D eigenvalue weighted by molar-refractivity contribution is -0.130. The van der Waals surface area contributed by atoms with E-state index in [9.17, 15) is 4.79 Å². The second-order valence-electron chi connectivity index (χ2n) is 5.96. The summed E-state index contributed by atoms with van der Waals surface area (Å²) in [6, 6.07) is 3.94. The standard InChI is InChI=1S/C17H19N5OS/c23-17(10-14-3-9-24-13-14)20-6-2-16-18-11-15(22(16)8-7-20)12-21-5-1-4-19-21/h1,3-5,9,11,13H,2,6-8,10,12H2. The first-order valence-electron chi connectivity index (χ1n) is 8.09. The number of hydrogen-bond acceptors (Lipinski definition) is 4. The number of fused-ring (bicyclic) bond motifs is 1. The predicted octanol–water partition coefficient (Wildman–Crippen LogP) is 1.82. The fraction of sp³-hybridized carbons (Fsp3) is 0.353. The molecule has 1 aliphatic rings. The smallest absolute Gasteiger partial charge is 0.227 e. The first-order chi connectivity index (χ1) is 11.8. The Kier molecular flexibility index (Phi) is 4.17. The molecule has 4 rings (SSSR count). The highest BCUT2D eigenvalue weighted by atomic mass is 32.1. The Hall–Kier alpha value is -2.41. The number of imidazole rings is 1. The Bertz CT molecular complexity index is 806. The third-order valence-corrected chi connectivity index (χ3v) is 5.12. The van der Waals surface area contributed by atoms with Gasteiger partial charge in [-0.1, -0.05) is 0 Å². The van der Waals surface area contributed by atoms with Crippen LogP contribution in [0.5, 0.6) is 0 Å². The molecule has 0 spiro atoms. The van der Waals surface area contributed by atoms with Gasteiger partial charge in [-0.3, -0.25) is 9.48 Å². The monoisotopic (exact) mass is 341 g/mol. The van der Waals surface area contributed by atoms with E-state index in [1.807, 2.05) is 44.9 Å². The van der Waals surface area contributed by atoms with Gasteiger partial charge in [0.15, 0.2) is 0 Å². The molecule has 0 N–H and O–H groups in total. The highest BCUT2D eigenvalue weighted by molar-refractivity contribution is 7.07. The van der Waals surface area contributed by atoms with Gasteiger partial charge in [0, 0.05) is 38.4 Å². The van der Waals surface area contributed by atoms with Crippen LogP contribution in [0.3, 0.4) is 0 Å². The van der Waals surface area contributed by atoms with Crippen LogP contribution in [0.1, 0.15) is 17.1 Å². The summed E-state index contributed by atoms with van der Waals surface area (Å²) in [5.74, 6) is 1.26. The molecule has 3 aromatic heterocycles. The maximum atomic E-state index is 12.5. The molecule has 3 aromatic rings. The number of thiophene rings is 1. The lowest BCUT2D eigenvalue weighted by atomic mass is 10.2. The molecule has 0 atom stereocenters. The van der Waals surface area contributed by atoms with Gasteiger partial charge in [0.1, 0.15) is 5.82 Å². The van der Waals surface area contributed by atoms with Gasteiger partial charge in [-0.15, -0.1) is 0 Å². The molecule has 4 heterocycles. The van der Waals surface area contributed by atoms with E-state index in [2.05, 4.69) is 14.6 Å². The fourth-order valence-electron chi connectivity index (χ4n) is 3.11. The van der Waals surface area contributed by atoms with E-state index in [0.717, 1.165) is 43.1 Å². The molecule has 0 saturated heterocycles. The van der Waals surface area contributed by atoms with Crippen molar-refractivity contribution >= 4 is 17.2 Å². The van der Waals surface area contributed by atoms with Gasteiger partial charge in [0.2, 0.25) is 5.91 Å². The van der Waals surface area contributed by atoms with Crippen molar-refractivity contribution in [3.8, 4) is 0 Å². The van der Waals surface area contributed by atoms with Crippen LogP contribution in [0, 0.1) is 0 Å². The first kappa shape index (κ1) is 15.1. The summed E-state index contributed by atoms with van der Waals surface area (Å²) >= 11 is 1.63. The van der Waals surface area contributed by atoms with Crippen molar-refractivity contribution in [2.24, 2.45) is 0 Å². The molecule has 0 aliphatic carbocycles. The maximum Gasteiger partial charge on any atom is 0.227 e. The molecule has 0 aromatic carbocycles. The zero-order chi connectivity index (χ0) is 16.4. The number of carbonyl (C=O) groups is 1. The molecule has 7 heteroatoms. The highest BCUT2D eigenvalue weighted by Gasteiger charge is 2.21. The van der Waals surface area contributed by atoms with Crippen molar-refractivity contribution in [3.63, 3.8) is 0 Å². The van der Waals surface area contributed by atoms with Crippen LogP contribution >= 0.6 is 11.3 Å². The van der Waals surface area contributed by atoms with Gasteiger partial charge < -0.3 is 9.47 Å². The van der Waals surface area contributed by atoms with Gasteiger partial charge in [-0.05, 0) is 28.5 Å². The molecule has 124 valence electrons.